The largest absolute Gasteiger partial charge is 0.334 e. The first kappa shape index (κ1) is 8.73. The maximum absolute atomic E-state index is 10.8. The average Bonchev–Trinajstić information content (AvgIpc) is 2.56. The zero-order valence-electron chi connectivity index (χ0n) is 6.90. The van der Waals surface area contributed by atoms with Crippen molar-refractivity contribution in [1.29, 1.82) is 0 Å². The number of hydrogen-bond donors (Lipinski definition) is 2. The van der Waals surface area contributed by atoms with Crippen molar-refractivity contribution >= 4 is 5.91 Å². The minimum atomic E-state index is -0.170. The van der Waals surface area contributed by atoms with Crippen LogP contribution in [-0.4, -0.2) is 15.5 Å². The third-order valence-electron chi connectivity index (χ3n) is 1.68. The quantitative estimate of drug-likeness (QED) is 0.373. The Morgan fingerprint density at radius 1 is 1.83 bits per heavy atom. The summed E-state index contributed by atoms with van der Waals surface area (Å²) in [7, 11) is 0. The van der Waals surface area contributed by atoms with Gasteiger partial charge in [0.1, 0.15) is 0 Å². The first-order valence-corrected chi connectivity index (χ1v) is 3.71. The van der Waals surface area contributed by atoms with Gasteiger partial charge in [-0.05, 0) is 6.92 Å². The van der Waals surface area contributed by atoms with E-state index in [9.17, 15) is 4.79 Å². The first-order chi connectivity index (χ1) is 5.74. The van der Waals surface area contributed by atoms with Crippen LogP contribution in [0.1, 0.15) is 19.4 Å². The maximum atomic E-state index is 10.8. The summed E-state index contributed by atoms with van der Waals surface area (Å²) in [5, 5.41) is 0. The monoisotopic (exact) mass is 168 g/mol. The molecule has 0 bridgehead atoms. The zero-order chi connectivity index (χ0) is 8.97. The number of imidazole rings is 1. The highest BCUT2D eigenvalue weighted by Gasteiger charge is 2.07. The van der Waals surface area contributed by atoms with Gasteiger partial charge in [-0.25, -0.2) is 10.8 Å². The highest BCUT2D eigenvalue weighted by atomic mass is 16.2. The van der Waals surface area contributed by atoms with Crippen molar-refractivity contribution < 1.29 is 4.79 Å². The summed E-state index contributed by atoms with van der Waals surface area (Å²) in [5.41, 5.74) is 2.09. The molecule has 5 nitrogen and oxygen atoms in total. The molecular weight excluding hydrogens is 156 g/mol. The van der Waals surface area contributed by atoms with Gasteiger partial charge in [0.25, 0.3) is 0 Å². The van der Waals surface area contributed by atoms with Crippen LogP contribution in [0.4, 0.5) is 0 Å². The maximum Gasteiger partial charge on any atom is 0.235 e. The molecule has 0 aliphatic rings. The van der Waals surface area contributed by atoms with Crippen LogP contribution in [0.3, 0.4) is 0 Å². The molecule has 0 aliphatic carbocycles. The van der Waals surface area contributed by atoms with Crippen LogP contribution in [0.15, 0.2) is 18.7 Å². The molecule has 5 heteroatoms. The van der Waals surface area contributed by atoms with E-state index >= 15 is 0 Å². The summed E-state index contributed by atoms with van der Waals surface area (Å²) in [6.07, 6.45) is 5.53. The van der Waals surface area contributed by atoms with E-state index in [0.717, 1.165) is 0 Å². The summed E-state index contributed by atoms with van der Waals surface area (Å²) in [5.74, 6) is 4.78. The molecule has 1 amide bonds. The van der Waals surface area contributed by atoms with Crippen molar-refractivity contribution in [3.8, 4) is 0 Å². The van der Waals surface area contributed by atoms with Crippen LogP contribution in [0.5, 0.6) is 0 Å². The lowest BCUT2D eigenvalue weighted by molar-refractivity contribution is -0.121. The van der Waals surface area contributed by atoms with Crippen LogP contribution in [0, 0.1) is 0 Å². The van der Waals surface area contributed by atoms with E-state index < -0.39 is 0 Å². The van der Waals surface area contributed by atoms with Crippen LogP contribution in [0.2, 0.25) is 0 Å². The Morgan fingerprint density at radius 3 is 3.08 bits per heavy atom. The Hall–Kier alpha value is -1.36. The van der Waals surface area contributed by atoms with Crippen molar-refractivity contribution in [2.75, 3.05) is 0 Å². The highest BCUT2D eigenvalue weighted by molar-refractivity contribution is 5.75. The van der Waals surface area contributed by atoms with Crippen molar-refractivity contribution in [2.45, 2.75) is 19.4 Å². The summed E-state index contributed by atoms with van der Waals surface area (Å²) < 4.78 is 1.86. The molecule has 0 aliphatic heterocycles. The van der Waals surface area contributed by atoms with E-state index in [1.807, 2.05) is 17.7 Å². The van der Waals surface area contributed by atoms with Gasteiger partial charge in [-0.3, -0.25) is 10.2 Å². The molecule has 0 saturated heterocycles. The van der Waals surface area contributed by atoms with E-state index in [4.69, 9.17) is 5.84 Å². The van der Waals surface area contributed by atoms with Crippen molar-refractivity contribution in [3.63, 3.8) is 0 Å². The number of hydrogen-bond acceptors (Lipinski definition) is 3. The number of nitrogens with two attached hydrogens (primary N) is 1. The van der Waals surface area contributed by atoms with Crippen LogP contribution >= 0.6 is 0 Å². The minimum Gasteiger partial charge on any atom is -0.334 e. The first-order valence-electron chi connectivity index (χ1n) is 3.71. The highest BCUT2D eigenvalue weighted by Crippen LogP contribution is 2.08. The Kier molecular flexibility index (Phi) is 2.82. The smallest absolute Gasteiger partial charge is 0.235 e. The topological polar surface area (TPSA) is 72.9 Å². The Labute approximate surface area is 70.6 Å². The lowest BCUT2D eigenvalue weighted by Gasteiger charge is -2.10. The third-order valence-corrected chi connectivity index (χ3v) is 1.68. The summed E-state index contributed by atoms with van der Waals surface area (Å²) in [4.78, 5) is 14.7. The molecule has 1 heterocycles. The molecule has 1 aromatic heterocycles. The Morgan fingerprint density at radius 2 is 2.58 bits per heavy atom. The normalized spacial score (nSPS) is 12.5. The molecule has 0 spiro atoms. The van der Waals surface area contributed by atoms with Gasteiger partial charge in [0.2, 0.25) is 5.91 Å². The molecule has 1 unspecified atom stereocenters. The summed E-state index contributed by atoms with van der Waals surface area (Å²) in [6, 6.07) is 0.0936. The molecule has 66 valence electrons. The average molecular weight is 168 g/mol. The summed E-state index contributed by atoms with van der Waals surface area (Å²) >= 11 is 0. The second-order valence-electron chi connectivity index (χ2n) is 2.63. The fourth-order valence-corrected chi connectivity index (χ4v) is 0.963. The predicted octanol–water partition coefficient (Wildman–Crippen LogP) is -0.176. The fourth-order valence-electron chi connectivity index (χ4n) is 0.963. The Balaban J connectivity index is 2.49. The lowest BCUT2D eigenvalue weighted by Crippen LogP contribution is -2.31. The number of nitrogens with zero attached hydrogens (tertiary/aromatic N) is 2. The standard InChI is InChI=1S/C7H12N4O/c1-6(4-7(12)10-8)11-3-2-9-5-11/h2-3,5-6H,4,8H2,1H3,(H,10,12). The second-order valence-corrected chi connectivity index (χ2v) is 2.63. The molecule has 1 atom stereocenters. The minimum absolute atomic E-state index is 0.0936. The van der Waals surface area contributed by atoms with Gasteiger partial charge in [-0.2, -0.15) is 0 Å². The van der Waals surface area contributed by atoms with Gasteiger partial charge >= 0.3 is 0 Å². The number of aromatic nitrogens is 2. The number of carbonyl (C=O) groups is 1. The predicted molar refractivity (Wildman–Crippen MR) is 43.9 cm³/mol. The van der Waals surface area contributed by atoms with Gasteiger partial charge in [0.05, 0.1) is 6.33 Å². The molecule has 0 saturated carbocycles. The van der Waals surface area contributed by atoms with E-state index in [0.29, 0.717) is 6.42 Å². The third kappa shape index (κ3) is 2.06. The Bertz CT molecular complexity index is 244. The van der Waals surface area contributed by atoms with Crippen molar-refractivity contribution in [1.82, 2.24) is 15.0 Å². The van der Waals surface area contributed by atoms with E-state index in [1.165, 1.54) is 0 Å². The van der Waals surface area contributed by atoms with E-state index in [-0.39, 0.29) is 11.9 Å². The molecule has 3 N–H and O–H groups in total. The van der Waals surface area contributed by atoms with E-state index in [2.05, 4.69) is 10.4 Å². The van der Waals surface area contributed by atoms with Crippen LogP contribution in [-0.2, 0) is 4.79 Å². The van der Waals surface area contributed by atoms with Gasteiger partial charge in [-0.15, -0.1) is 0 Å². The fraction of sp³-hybridized carbons (Fsp3) is 0.429. The SMILES string of the molecule is CC(CC(=O)NN)n1ccnc1. The number of nitrogens with one attached hydrogen (secondary N) is 1. The second kappa shape index (κ2) is 3.87. The molecular formula is C7H12N4O. The number of carbonyl (C=O) groups excluding carboxylic acids is 1. The molecule has 0 aromatic carbocycles. The molecule has 1 aromatic rings. The van der Waals surface area contributed by atoms with Crippen molar-refractivity contribution in [2.24, 2.45) is 5.84 Å². The van der Waals surface area contributed by atoms with Gasteiger partial charge in [0, 0.05) is 24.9 Å². The number of amides is 1. The van der Waals surface area contributed by atoms with Gasteiger partial charge < -0.3 is 4.57 Å². The van der Waals surface area contributed by atoms with Gasteiger partial charge in [-0.1, -0.05) is 0 Å². The molecule has 0 fully saturated rings. The van der Waals surface area contributed by atoms with Gasteiger partial charge in [0.15, 0.2) is 0 Å². The number of rotatable bonds is 3. The molecule has 12 heavy (non-hydrogen) atoms. The van der Waals surface area contributed by atoms with Crippen LogP contribution < -0.4 is 11.3 Å². The lowest BCUT2D eigenvalue weighted by atomic mass is 10.2. The van der Waals surface area contributed by atoms with E-state index in [1.54, 1.807) is 12.5 Å². The van der Waals surface area contributed by atoms with Crippen molar-refractivity contribution in [3.05, 3.63) is 18.7 Å². The number of hydrazine groups is 1. The zero-order valence-corrected chi connectivity index (χ0v) is 6.90. The molecule has 1 rings (SSSR count). The van der Waals surface area contributed by atoms with Crippen LogP contribution in [0.25, 0.3) is 0 Å². The summed E-state index contributed by atoms with van der Waals surface area (Å²) in [6.45, 7) is 1.93. The molecule has 0 radical (unpaired) electrons.